The predicted octanol–water partition coefficient (Wildman–Crippen LogP) is 0.572. The third kappa shape index (κ3) is 4.68. The highest BCUT2D eigenvalue weighted by molar-refractivity contribution is 5.81. The Balaban J connectivity index is 1.54. The Bertz CT molecular complexity index is 592. The van der Waals surface area contributed by atoms with Crippen molar-refractivity contribution in [3.63, 3.8) is 0 Å². The number of nitrogens with zero attached hydrogens (tertiary/aromatic N) is 2. The van der Waals surface area contributed by atoms with Crippen LogP contribution in [0.25, 0.3) is 0 Å². The fourth-order valence-electron chi connectivity index (χ4n) is 3.27. The van der Waals surface area contributed by atoms with Gasteiger partial charge in [0.15, 0.2) is 0 Å². The molecule has 0 aliphatic carbocycles. The van der Waals surface area contributed by atoms with Gasteiger partial charge in [-0.3, -0.25) is 9.69 Å². The van der Waals surface area contributed by atoms with Gasteiger partial charge in [-0.1, -0.05) is 13.0 Å². The highest BCUT2D eigenvalue weighted by Gasteiger charge is 2.25. The molecule has 2 saturated heterocycles. The quantitative estimate of drug-likeness (QED) is 0.813. The molecule has 0 spiro atoms. The van der Waals surface area contributed by atoms with Gasteiger partial charge < -0.3 is 20.3 Å². The van der Waals surface area contributed by atoms with E-state index in [2.05, 4.69) is 22.5 Å². The van der Waals surface area contributed by atoms with Crippen LogP contribution in [-0.4, -0.2) is 69.3 Å². The Hall–Kier alpha value is -1.70. The number of likely N-dealkylation sites (N-methyl/N-ethyl adjacent to an activating group) is 1. The Kier molecular flexibility index (Phi) is 6.23. The smallest absolute Gasteiger partial charge is 0.250 e. The number of rotatable bonds is 5. The topological polar surface area (TPSA) is 56.8 Å². The Morgan fingerprint density at radius 3 is 2.88 bits per heavy atom. The zero-order valence-electron chi connectivity index (χ0n) is 14.8. The Morgan fingerprint density at radius 2 is 2.16 bits per heavy atom. The SMILES string of the molecule is CCN1CCOC(C(=O)NCc2ccc(N3CCNCC3)c(F)c2)C1. The van der Waals surface area contributed by atoms with Crippen LogP contribution in [0.3, 0.4) is 0 Å². The molecule has 7 heteroatoms. The number of piperazine rings is 1. The highest BCUT2D eigenvalue weighted by Crippen LogP contribution is 2.21. The molecule has 2 aliphatic rings. The molecule has 0 saturated carbocycles. The van der Waals surface area contributed by atoms with Gasteiger partial charge in [-0.15, -0.1) is 0 Å². The molecule has 1 amide bonds. The Labute approximate surface area is 148 Å². The first-order valence-corrected chi connectivity index (χ1v) is 9.03. The average molecular weight is 350 g/mol. The molecule has 6 nitrogen and oxygen atoms in total. The molecule has 1 atom stereocenters. The van der Waals surface area contributed by atoms with Gasteiger partial charge in [0.2, 0.25) is 0 Å². The van der Waals surface area contributed by atoms with Crippen LogP contribution in [0.15, 0.2) is 18.2 Å². The van der Waals surface area contributed by atoms with Gasteiger partial charge in [-0.25, -0.2) is 4.39 Å². The summed E-state index contributed by atoms with van der Waals surface area (Å²) in [5, 5.41) is 6.12. The van der Waals surface area contributed by atoms with Crippen molar-refractivity contribution in [1.29, 1.82) is 0 Å². The number of carbonyl (C=O) groups is 1. The minimum atomic E-state index is -0.446. The molecule has 3 rings (SSSR count). The fraction of sp³-hybridized carbons (Fsp3) is 0.611. The minimum Gasteiger partial charge on any atom is -0.367 e. The number of amides is 1. The van der Waals surface area contributed by atoms with Gasteiger partial charge in [0.05, 0.1) is 12.3 Å². The number of halogens is 1. The predicted molar refractivity (Wildman–Crippen MR) is 95.2 cm³/mol. The van der Waals surface area contributed by atoms with E-state index in [9.17, 15) is 9.18 Å². The van der Waals surface area contributed by atoms with Crippen molar-refractivity contribution >= 4 is 11.6 Å². The number of benzene rings is 1. The molecule has 0 bridgehead atoms. The van der Waals surface area contributed by atoms with E-state index in [1.54, 1.807) is 6.07 Å². The van der Waals surface area contributed by atoms with Crippen molar-refractivity contribution in [2.75, 3.05) is 57.3 Å². The standard InChI is InChI=1S/C18H27FN4O2/c1-2-22-9-10-25-17(13-22)18(24)21-12-14-3-4-16(15(19)11-14)23-7-5-20-6-8-23/h3-4,11,17,20H,2,5-10,12-13H2,1H3,(H,21,24). The van der Waals surface area contributed by atoms with Crippen molar-refractivity contribution in [2.24, 2.45) is 0 Å². The summed E-state index contributed by atoms with van der Waals surface area (Å²) in [6.45, 7) is 8.68. The van der Waals surface area contributed by atoms with E-state index in [1.807, 2.05) is 11.0 Å². The summed E-state index contributed by atoms with van der Waals surface area (Å²) in [5.41, 5.74) is 1.39. The highest BCUT2D eigenvalue weighted by atomic mass is 19.1. The summed E-state index contributed by atoms with van der Waals surface area (Å²) in [4.78, 5) is 16.5. The van der Waals surface area contributed by atoms with Crippen molar-refractivity contribution in [1.82, 2.24) is 15.5 Å². The van der Waals surface area contributed by atoms with Gasteiger partial charge in [0.25, 0.3) is 5.91 Å². The number of morpholine rings is 1. The first-order valence-electron chi connectivity index (χ1n) is 9.03. The summed E-state index contributed by atoms with van der Waals surface area (Å²) >= 11 is 0. The lowest BCUT2D eigenvalue weighted by Crippen LogP contribution is -2.49. The lowest BCUT2D eigenvalue weighted by atomic mass is 10.1. The lowest BCUT2D eigenvalue weighted by Gasteiger charge is -2.31. The van der Waals surface area contributed by atoms with Gasteiger partial charge in [0, 0.05) is 45.8 Å². The van der Waals surface area contributed by atoms with Crippen molar-refractivity contribution < 1.29 is 13.9 Å². The molecule has 1 aromatic rings. The largest absolute Gasteiger partial charge is 0.367 e. The van der Waals surface area contributed by atoms with Gasteiger partial charge in [-0.2, -0.15) is 0 Å². The second-order valence-electron chi connectivity index (χ2n) is 6.49. The molecule has 2 fully saturated rings. The van der Waals surface area contributed by atoms with E-state index in [1.165, 1.54) is 6.07 Å². The fourth-order valence-corrected chi connectivity index (χ4v) is 3.27. The normalized spacial score (nSPS) is 22.0. The Morgan fingerprint density at radius 1 is 1.36 bits per heavy atom. The van der Waals surface area contributed by atoms with Crippen LogP contribution in [0.2, 0.25) is 0 Å². The molecule has 2 aliphatic heterocycles. The van der Waals surface area contributed by atoms with E-state index >= 15 is 0 Å². The third-order valence-corrected chi connectivity index (χ3v) is 4.83. The molecule has 2 N–H and O–H groups in total. The van der Waals surface area contributed by atoms with Gasteiger partial charge >= 0.3 is 0 Å². The number of anilines is 1. The lowest BCUT2D eigenvalue weighted by molar-refractivity contribution is -0.138. The third-order valence-electron chi connectivity index (χ3n) is 4.83. The summed E-state index contributed by atoms with van der Waals surface area (Å²) in [7, 11) is 0. The molecular formula is C18H27FN4O2. The average Bonchev–Trinajstić information content (AvgIpc) is 2.67. The number of hydrogen-bond donors (Lipinski definition) is 2. The van der Waals surface area contributed by atoms with Crippen LogP contribution < -0.4 is 15.5 Å². The van der Waals surface area contributed by atoms with Crippen LogP contribution in [0, 0.1) is 5.82 Å². The number of ether oxygens (including phenoxy) is 1. The van der Waals surface area contributed by atoms with E-state index in [-0.39, 0.29) is 11.7 Å². The molecular weight excluding hydrogens is 323 g/mol. The number of carbonyl (C=O) groups excluding carboxylic acids is 1. The first-order chi connectivity index (χ1) is 12.2. The molecule has 138 valence electrons. The molecule has 2 heterocycles. The zero-order valence-corrected chi connectivity index (χ0v) is 14.8. The van der Waals surface area contributed by atoms with E-state index in [0.717, 1.165) is 44.8 Å². The van der Waals surface area contributed by atoms with Crippen molar-refractivity contribution in [3.05, 3.63) is 29.6 Å². The first kappa shape index (κ1) is 18.1. The van der Waals surface area contributed by atoms with E-state index in [4.69, 9.17) is 4.74 Å². The minimum absolute atomic E-state index is 0.135. The van der Waals surface area contributed by atoms with Crippen molar-refractivity contribution in [2.45, 2.75) is 19.6 Å². The molecule has 25 heavy (non-hydrogen) atoms. The monoisotopic (exact) mass is 350 g/mol. The summed E-state index contributed by atoms with van der Waals surface area (Å²) in [5.74, 6) is -0.371. The van der Waals surface area contributed by atoms with Crippen LogP contribution in [-0.2, 0) is 16.1 Å². The van der Waals surface area contributed by atoms with Crippen molar-refractivity contribution in [3.8, 4) is 0 Å². The van der Waals surface area contributed by atoms with E-state index < -0.39 is 6.10 Å². The maximum atomic E-state index is 14.4. The second-order valence-corrected chi connectivity index (χ2v) is 6.49. The molecule has 0 aromatic heterocycles. The zero-order chi connectivity index (χ0) is 17.6. The number of hydrogen-bond acceptors (Lipinski definition) is 5. The molecule has 1 aromatic carbocycles. The second kappa shape index (κ2) is 8.60. The maximum absolute atomic E-state index is 14.4. The van der Waals surface area contributed by atoms with Crippen LogP contribution in [0.5, 0.6) is 0 Å². The maximum Gasteiger partial charge on any atom is 0.250 e. The van der Waals surface area contributed by atoms with Crippen LogP contribution >= 0.6 is 0 Å². The van der Waals surface area contributed by atoms with Crippen LogP contribution in [0.1, 0.15) is 12.5 Å². The summed E-state index contributed by atoms with van der Waals surface area (Å²) in [6.07, 6.45) is -0.446. The summed E-state index contributed by atoms with van der Waals surface area (Å²) in [6, 6.07) is 5.19. The number of nitrogens with one attached hydrogen (secondary N) is 2. The van der Waals surface area contributed by atoms with Crippen LogP contribution in [0.4, 0.5) is 10.1 Å². The summed E-state index contributed by atoms with van der Waals surface area (Å²) < 4.78 is 19.9. The van der Waals surface area contributed by atoms with Gasteiger partial charge in [-0.05, 0) is 24.2 Å². The van der Waals surface area contributed by atoms with Gasteiger partial charge in [0.1, 0.15) is 11.9 Å². The van der Waals surface area contributed by atoms with E-state index in [0.29, 0.717) is 25.4 Å². The molecule has 1 unspecified atom stereocenters. The molecule has 0 radical (unpaired) electrons.